The second kappa shape index (κ2) is 6.71. The molecule has 1 saturated heterocycles. The van der Waals surface area contributed by atoms with Gasteiger partial charge in [0, 0.05) is 39.3 Å². The van der Waals surface area contributed by atoms with Crippen molar-refractivity contribution in [2.24, 2.45) is 0 Å². The van der Waals surface area contributed by atoms with E-state index in [1.54, 1.807) is 12.1 Å². The quantitative estimate of drug-likeness (QED) is 0.862. The molecule has 0 aromatic heterocycles. The minimum Gasteiger partial charge on any atom is -0.381 e. The Bertz CT molecular complexity index is 362. The first-order valence-corrected chi connectivity index (χ1v) is 6.72. The highest BCUT2D eigenvalue weighted by molar-refractivity contribution is 5.44. The predicted molar refractivity (Wildman–Crippen MR) is 73.4 cm³/mol. The molecule has 0 aliphatic carbocycles. The van der Waals surface area contributed by atoms with Gasteiger partial charge in [0.05, 0.1) is 5.69 Å². The van der Waals surface area contributed by atoms with E-state index in [-0.39, 0.29) is 5.82 Å². The Kier molecular flexibility index (Phi) is 4.96. The van der Waals surface area contributed by atoms with E-state index >= 15 is 0 Å². The Hall–Kier alpha value is -1.13. The van der Waals surface area contributed by atoms with Gasteiger partial charge in [-0.25, -0.2) is 4.39 Å². The second-order valence-electron chi connectivity index (χ2n) is 4.68. The molecule has 0 radical (unpaired) electrons. The molecule has 0 spiro atoms. The van der Waals surface area contributed by atoms with Gasteiger partial charge in [0.15, 0.2) is 0 Å². The largest absolute Gasteiger partial charge is 0.381 e. The molecule has 1 aromatic carbocycles. The molecule has 0 atom stereocenters. The zero-order valence-electron chi connectivity index (χ0n) is 11.0. The van der Waals surface area contributed by atoms with Crippen LogP contribution in [0.1, 0.15) is 6.92 Å². The third-order valence-corrected chi connectivity index (χ3v) is 3.53. The average molecular weight is 251 g/mol. The van der Waals surface area contributed by atoms with Crippen molar-refractivity contribution in [1.29, 1.82) is 0 Å². The molecule has 1 aliphatic rings. The number of anilines is 1. The summed E-state index contributed by atoms with van der Waals surface area (Å²) in [6, 6.07) is 6.84. The van der Waals surface area contributed by atoms with Crippen molar-refractivity contribution in [2.45, 2.75) is 6.92 Å². The van der Waals surface area contributed by atoms with Crippen LogP contribution in [0.25, 0.3) is 0 Å². The van der Waals surface area contributed by atoms with Crippen LogP contribution in [-0.2, 0) is 0 Å². The highest BCUT2D eigenvalue weighted by atomic mass is 19.1. The summed E-state index contributed by atoms with van der Waals surface area (Å²) in [6.07, 6.45) is 0. The number of nitrogens with zero attached hydrogens (tertiary/aromatic N) is 2. The number of para-hydroxylation sites is 1. The minimum atomic E-state index is -0.173. The first-order valence-electron chi connectivity index (χ1n) is 6.72. The second-order valence-corrected chi connectivity index (χ2v) is 4.68. The van der Waals surface area contributed by atoms with Crippen LogP contribution in [0.2, 0.25) is 0 Å². The van der Waals surface area contributed by atoms with Crippen molar-refractivity contribution in [3.05, 3.63) is 30.1 Å². The predicted octanol–water partition coefficient (Wildman–Crippen LogP) is 1.88. The van der Waals surface area contributed by atoms with Crippen molar-refractivity contribution < 1.29 is 4.39 Å². The molecular formula is C14H22FN3. The molecule has 0 unspecified atom stereocenters. The molecule has 1 heterocycles. The van der Waals surface area contributed by atoms with E-state index in [4.69, 9.17) is 0 Å². The number of halogens is 1. The molecule has 0 bridgehead atoms. The number of hydrogen-bond donors (Lipinski definition) is 1. The Morgan fingerprint density at radius 2 is 1.78 bits per heavy atom. The monoisotopic (exact) mass is 251 g/mol. The normalized spacial score (nSPS) is 17.9. The average Bonchev–Trinajstić information content (AvgIpc) is 2.42. The van der Waals surface area contributed by atoms with E-state index in [2.05, 4.69) is 22.0 Å². The van der Waals surface area contributed by atoms with Gasteiger partial charge in [-0.05, 0) is 18.7 Å². The minimum absolute atomic E-state index is 0.173. The van der Waals surface area contributed by atoms with E-state index < -0.39 is 0 Å². The number of rotatable bonds is 5. The summed E-state index contributed by atoms with van der Waals surface area (Å²) in [5.41, 5.74) is 0.602. The lowest BCUT2D eigenvalue weighted by Gasteiger charge is -2.34. The SMILES string of the molecule is CCN1CCN(CCNc2ccccc2F)CC1. The van der Waals surface area contributed by atoms with Crippen LogP contribution in [-0.4, -0.2) is 55.6 Å². The lowest BCUT2D eigenvalue weighted by molar-refractivity contribution is 0.141. The van der Waals surface area contributed by atoms with Crippen LogP contribution in [0, 0.1) is 5.82 Å². The van der Waals surface area contributed by atoms with E-state index in [0.717, 1.165) is 45.8 Å². The number of nitrogens with one attached hydrogen (secondary N) is 1. The fourth-order valence-electron chi connectivity index (χ4n) is 2.28. The van der Waals surface area contributed by atoms with Crippen molar-refractivity contribution >= 4 is 5.69 Å². The van der Waals surface area contributed by atoms with E-state index in [9.17, 15) is 4.39 Å². The van der Waals surface area contributed by atoms with Gasteiger partial charge in [-0.1, -0.05) is 19.1 Å². The standard InChI is InChI=1S/C14H22FN3/c1-2-17-9-11-18(12-10-17)8-7-16-14-6-4-3-5-13(14)15/h3-6,16H,2,7-12H2,1H3. The van der Waals surface area contributed by atoms with Crippen molar-refractivity contribution in [3.8, 4) is 0 Å². The van der Waals surface area contributed by atoms with Gasteiger partial charge < -0.3 is 10.2 Å². The third-order valence-electron chi connectivity index (χ3n) is 3.53. The Morgan fingerprint density at radius 1 is 1.11 bits per heavy atom. The van der Waals surface area contributed by atoms with Gasteiger partial charge in [0.2, 0.25) is 0 Å². The third kappa shape index (κ3) is 3.68. The highest BCUT2D eigenvalue weighted by Gasteiger charge is 2.14. The van der Waals surface area contributed by atoms with E-state index in [0.29, 0.717) is 5.69 Å². The van der Waals surface area contributed by atoms with Crippen LogP contribution in [0.15, 0.2) is 24.3 Å². The number of likely N-dealkylation sites (N-methyl/N-ethyl adjacent to an activating group) is 1. The maximum atomic E-state index is 13.4. The molecule has 1 aliphatic heterocycles. The molecule has 3 nitrogen and oxygen atoms in total. The Labute approximate surface area is 109 Å². The fraction of sp³-hybridized carbons (Fsp3) is 0.571. The van der Waals surface area contributed by atoms with Gasteiger partial charge >= 0.3 is 0 Å². The molecule has 1 fully saturated rings. The van der Waals surface area contributed by atoms with Crippen LogP contribution in [0.3, 0.4) is 0 Å². The summed E-state index contributed by atoms with van der Waals surface area (Å²) >= 11 is 0. The molecule has 4 heteroatoms. The lowest BCUT2D eigenvalue weighted by Crippen LogP contribution is -2.47. The Morgan fingerprint density at radius 3 is 2.44 bits per heavy atom. The summed E-state index contributed by atoms with van der Waals surface area (Å²) in [7, 11) is 0. The van der Waals surface area contributed by atoms with Crippen molar-refractivity contribution in [2.75, 3.05) is 51.1 Å². The molecule has 2 rings (SSSR count). The highest BCUT2D eigenvalue weighted by Crippen LogP contribution is 2.11. The topological polar surface area (TPSA) is 18.5 Å². The zero-order valence-corrected chi connectivity index (χ0v) is 11.0. The van der Waals surface area contributed by atoms with Crippen LogP contribution >= 0.6 is 0 Å². The number of benzene rings is 1. The first-order chi connectivity index (χ1) is 8.79. The molecule has 0 saturated carbocycles. The lowest BCUT2D eigenvalue weighted by atomic mass is 10.3. The van der Waals surface area contributed by atoms with E-state index in [1.807, 2.05) is 6.07 Å². The molecular weight excluding hydrogens is 229 g/mol. The number of hydrogen-bond acceptors (Lipinski definition) is 3. The van der Waals surface area contributed by atoms with Gasteiger partial charge in [-0.3, -0.25) is 4.90 Å². The summed E-state index contributed by atoms with van der Waals surface area (Å²) in [5, 5.41) is 3.16. The van der Waals surface area contributed by atoms with Gasteiger partial charge in [-0.15, -0.1) is 0 Å². The summed E-state index contributed by atoms with van der Waals surface area (Å²) in [6.45, 7) is 9.65. The molecule has 0 amide bonds. The van der Waals surface area contributed by atoms with Crippen molar-refractivity contribution in [3.63, 3.8) is 0 Å². The molecule has 1 N–H and O–H groups in total. The van der Waals surface area contributed by atoms with Gasteiger partial charge in [0.25, 0.3) is 0 Å². The summed E-state index contributed by atoms with van der Waals surface area (Å²) in [4.78, 5) is 4.89. The summed E-state index contributed by atoms with van der Waals surface area (Å²) < 4.78 is 13.4. The van der Waals surface area contributed by atoms with Gasteiger partial charge in [0.1, 0.15) is 5.82 Å². The molecule has 1 aromatic rings. The van der Waals surface area contributed by atoms with Crippen LogP contribution in [0.5, 0.6) is 0 Å². The van der Waals surface area contributed by atoms with Crippen LogP contribution in [0.4, 0.5) is 10.1 Å². The summed E-state index contributed by atoms with van der Waals surface area (Å²) in [5.74, 6) is -0.173. The molecule has 100 valence electrons. The fourth-order valence-corrected chi connectivity index (χ4v) is 2.28. The van der Waals surface area contributed by atoms with Crippen molar-refractivity contribution in [1.82, 2.24) is 9.80 Å². The smallest absolute Gasteiger partial charge is 0.146 e. The first kappa shape index (κ1) is 13.3. The van der Waals surface area contributed by atoms with Gasteiger partial charge in [-0.2, -0.15) is 0 Å². The molecule has 18 heavy (non-hydrogen) atoms. The maximum Gasteiger partial charge on any atom is 0.146 e. The van der Waals surface area contributed by atoms with Crippen LogP contribution < -0.4 is 5.32 Å². The van der Waals surface area contributed by atoms with E-state index in [1.165, 1.54) is 6.07 Å². The number of piperazine rings is 1. The zero-order chi connectivity index (χ0) is 12.8. The maximum absolute atomic E-state index is 13.4. The Balaban J connectivity index is 1.69.